The second-order valence-corrected chi connectivity index (χ2v) is 11.5. The van der Waals surface area contributed by atoms with Crippen LogP contribution in [0.5, 0.6) is 0 Å². The van der Waals surface area contributed by atoms with Crippen molar-refractivity contribution in [3.05, 3.63) is 89.7 Å². The number of rotatable bonds is 12. The Labute approximate surface area is 237 Å². The van der Waals surface area contributed by atoms with Gasteiger partial charge in [-0.05, 0) is 72.4 Å². The molecular formula is C33H41N3O4. The third kappa shape index (κ3) is 8.76. The third-order valence-electron chi connectivity index (χ3n) is 7.18. The van der Waals surface area contributed by atoms with Gasteiger partial charge >= 0.3 is 5.97 Å². The van der Waals surface area contributed by atoms with Crippen molar-refractivity contribution in [1.29, 1.82) is 0 Å². The number of benzene rings is 2. The summed E-state index contributed by atoms with van der Waals surface area (Å²) in [5.41, 5.74) is 4.95. The lowest BCUT2D eigenvalue weighted by atomic mass is 9.85. The largest absolute Gasteiger partial charge is 0.481 e. The van der Waals surface area contributed by atoms with E-state index in [1.807, 2.05) is 45.9 Å². The molecule has 1 heterocycles. The molecule has 3 rings (SSSR count). The number of carbonyl (C=O) groups excluding carboxylic acids is 2. The standard InChI is InChI=1S/C33H41N3O4/c1-22-10-6-7-14-28(22)25-17-15-24(16-18-25)11-8-12-26(20-29(37)38)31(39)36-30(33(3,4)5)32(40)35-23(2)27-13-9-19-34-21-27/h6-7,9-10,13-19,21,23,26,30H,8,11-12,20H2,1-5H3,(H,35,40)(H,36,39)(H,37,38). The van der Waals surface area contributed by atoms with Crippen LogP contribution >= 0.6 is 0 Å². The molecule has 212 valence electrons. The van der Waals surface area contributed by atoms with Gasteiger partial charge in [-0.1, -0.05) is 75.4 Å². The van der Waals surface area contributed by atoms with Crippen LogP contribution in [0.1, 0.15) is 69.7 Å². The number of aromatic nitrogens is 1. The highest BCUT2D eigenvalue weighted by Gasteiger charge is 2.35. The lowest BCUT2D eigenvalue weighted by molar-refractivity contribution is -0.142. The highest BCUT2D eigenvalue weighted by molar-refractivity contribution is 5.90. The van der Waals surface area contributed by atoms with Gasteiger partial charge in [-0.25, -0.2) is 0 Å². The van der Waals surface area contributed by atoms with Crippen molar-refractivity contribution in [2.45, 2.75) is 72.4 Å². The first-order valence-electron chi connectivity index (χ1n) is 13.8. The fraction of sp³-hybridized carbons (Fsp3) is 0.394. The number of nitrogens with zero attached hydrogens (tertiary/aromatic N) is 1. The van der Waals surface area contributed by atoms with Crippen molar-refractivity contribution in [3.8, 4) is 11.1 Å². The monoisotopic (exact) mass is 543 g/mol. The maximum absolute atomic E-state index is 13.3. The number of pyridine rings is 1. The molecule has 3 aromatic rings. The van der Waals surface area contributed by atoms with Crippen LogP contribution in [0.2, 0.25) is 0 Å². The van der Waals surface area contributed by atoms with Crippen molar-refractivity contribution in [2.75, 3.05) is 0 Å². The van der Waals surface area contributed by atoms with Crippen molar-refractivity contribution in [2.24, 2.45) is 11.3 Å². The summed E-state index contributed by atoms with van der Waals surface area (Å²) in [5.74, 6) is -2.51. The average Bonchev–Trinajstić information content (AvgIpc) is 2.91. The first-order valence-corrected chi connectivity index (χ1v) is 13.8. The zero-order valence-electron chi connectivity index (χ0n) is 24.1. The molecule has 7 nitrogen and oxygen atoms in total. The fourth-order valence-electron chi connectivity index (χ4n) is 4.78. The van der Waals surface area contributed by atoms with Crippen LogP contribution in [0.15, 0.2) is 73.1 Å². The number of carbonyl (C=O) groups is 3. The van der Waals surface area contributed by atoms with Crippen LogP contribution in [-0.4, -0.2) is 33.9 Å². The fourth-order valence-corrected chi connectivity index (χ4v) is 4.78. The molecule has 3 unspecified atom stereocenters. The van der Waals surface area contributed by atoms with Gasteiger partial charge in [0.25, 0.3) is 0 Å². The third-order valence-corrected chi connectivity index (χ3v) is 7.18. The molecule has 2 amide bonds. The minimum Gasteiger partial charge on any atom is -0.481 e. The van der Waals surface area contributed by atoms with E-state index in [4.69, 9.17) is 0 Å². The van der Waals surface area contributed by atoms with E-state index in [0.717, 1.165) is 23.1 Å². The summed E-state index contributed by atoms with van der Waals surface area (Å²) >= 11 is 0. The molecule has 0 spiro atoms. The van der Waals surface area contributed by atoms with Gasteiger partial charge in [-0.2, -0.15) is 0 Å². The number of hydrogen-bond acceptors (Lipinski definition) is 4. The van der Waals surface area contributed by atoms with E-state index in [9.17, 15) is 19.5 Å². The Morgan fingerprint density at radius 2 is 1.62 bits per heavy atom. The second kappa shape index (κ2) is 13.9. The molecule has 0 aliphatic carbocycles. The van der Waals surface area contributed by atoms with Gasteiger partial charge < -0.3 is 15.7 Å². The summed E-state index contributed by atoms with van der Waals surface area (Å²) in [5, 5.41) is 15.3. The summed E-state index contributed by atoms with van der Waals surface area (Å²) in [4.78, 5) is 42.3. The molecule has 7 heteroatoms. The van der Waals surface area contributed by atoms with Crippen LogP contribution in [0, 0.1) is 18.3 Å². The Bertz CT molecular complexity index is 1280. The van der Waals surface area contributed by atoms with Crippen molar-refractivity contribution < 1.29 is 19.5 Å². The number of aliphatic carboxylic acids is 1. The normalized spacial score (nSPS) is 13.6. The molecule has 0 fully saturated rings. The summed E-state index contributed by atoms with van der Waals surface area (Å²) < 4.78 is 0. The summed E-state index contributed by atoms with van der Waals surface area (Å²) in [6, 6.07) is 19.1. The number of aryl methyl sites for hydroxylation is 2. The molecule has 3 N–H and O–H groups in total. The maximum atomic E-state index is 13.3. The highest BCUT2D eigenvalue weighted by Crippen LogP contribution is 2.25. The van der Waals surface area contributed by atoms with Crippen molar-refractivity contribution >= 4 is 17.8 Å². The highest BCUT2D eigenvalue weighted by atomic mass is 16.4. The van der Waals surface area contributed by atoms with Crippen LogP contribution in [-0.2, 0) is 20.8 Å². The van der Waals surface area contributed by atoms with E-state index in [2.05, 4.69) is 58.9 Å². The lowest BCUT2D eigenvalue weighted by Gasteiger charge is -2.32. The molecule has 0 bridgehead atoms. The first-order chi connectivity index (χ1) is 19.0. The zero-order chi connectivity index (χ0) is 29.3. The zero-order valence-corrected chi connectivity index (χ0v) is 24.1. The number of amides is 2. The van der Waals surface area contributed by atoms with E-state index in [1.165, 1.54) is 11.1 Å². The smallest absolute Gasteiger partial charge is 0.304 e. The first kappa shape index (κ1) is 30.5. The second-order valence-electron chi connectivity index (χ2n) is 11.5. The predicted molar refractivity (Wildman–Crippen MR) is 157 cm³/mol. The molecule has 0 aliphatic rings. The Kier molecular flexibility index (Phi) is 10.6. The van der Waals surface area contributed by atoms with E-state index >= 15 is 0 Å². The lowest BCUT2D eigenvalue weighted by Crippen LogP contribution is -2.55. The minimum absolute atomic E-state index is 0.289. The van der Waals surface area contributed by atoms with Gasteiger partial charge in [0.1, 0.15) is 6.04 Å². The van der Waals surface area contributed by atoms with E-state index in [-0.39, 0.29) is 18.4 Å². The van der Waals surface area contributed by atoms with Crippen LogP contribution in [0.25, 0.3) is 11.1 Å². The van der Waals surface area contributed by atoms with E-state index in [1.54, 1.807) is 18.5 Å². The SMILES string of the molecule is Cc1ccccc1-c1ccc(CCCC(CC(=O)O)C(=O)NC(C(=O)NC(C)c2cccnc2)C(C)(C)C)cc1. The van der Waals surface area contributed by atoms with Gasteiger partial charge in [0.05, 0.1) is 12.5 Å². The van der Waals surface area contributed by atoms with Crippen molar-refractivity contribution in [1.82, 2.24) is 15.6 Å². The summed E-state index contributed by atoms with van der Waals surface area (Å²) in [6.07, 6.45) is 4.85. The molecule has 0 saturated carbocycles. The molecule has 1 aromatic heterocycles. The Morgan fingerprint density at radius 3 is 2.23 bits per heavy atom. The molecule has 0 saturated heterocycles. The molecule has 0 radical (unpaired) electrons. The number of nitrogens with one attached hydrogen (secondary N) is 2. The summed E-state index contributed by atoms with van der Waals surface area (Å²) in [6.45, 7) is 9.57. The number of carboxylic acids is 1. The van der Waals surface area contributed by atoms with Crippen molar-refractivity contribution in [3.63, 3.8) is 0 Å². The van der Waals surface area contributed by atoms with Crippen LogP contribution in [0.4, 0.5) is 0 Å². The Balaban J connectivity index is 1.63. The molecular weight excluding hydrogens is 502 g/mol. The van der Waals surface area contributed by atoms with E-state index < -0.39 is 29.3 Å². The summed E-state index contributed by atoms with van der Waals surface area (Å²) in [7, 11) is 0. The minimum atomic E-state index is -1.04. The van der Waals surface area contributed by atoms with E-state index in [0.29, 0.717) is 12.8 Å². The van der Waals surface area contributed by atoms with Crippen LogP contribution in [0.3, 0.4) is 0 Å². The predicted octanol–water partition coefficient (Wildman–Crippen LogP) is 5.88. The van der Waals surface area contributed by atoms with Gasteiger partial charge in [0.15, 0.2) is 0 Å². The molecule has 2 aromatic carbocycles. The number of hydrogen-bond donors (Lipinski definition) is 3. The number of carboxylic acid groups (broad SMARTS) is 1. The molecule has 0 aliphatic heterocycles. The van der Waals surface area contributed by atoms with Gasteiger partial charge in [-0.15, -0.1) is 0 Å². The Morgan fingerprint density at radius 1 is 0.925 bits per heavy atom. The molecule has 3 atom stereocenters. The maximum Gasteiger partial charge on any atom is 0.304 e. The van der Waals surface area contributed by atoms with Gasteiger partial charge in [0.2, 0.25) is 11.8 Å². The Hall–Kier alpha value is -4.00. The van der Waals surface area contributed by atoms with Gasteiger partial charge in [0, 0.05) is 18.3 Å². The molecule has 40 heavy (non-hydrogen) atoms. The topological polar surface area (TPSA) is 108 Å². The quantitative estimate of drug-likeness (QED) is 0.264. The van der Waals surface area contributed by atoms with Gasteiger partial charge in [-0.3, -0.25) is 19.4 Å². The average molecular weight is 544 g/mol. The van der Waals surface area contributed by atoms with Crippen LogP contribution < -0.4 is 10.6 Å².